The third kappa shape index (κ3) is 3.49. The van der Waals surface area contributed by atoms with E-state index in [1.54, 1.807) is 0 Å². The SMILES string of the molecule is Clc1ccc(CNC2CCCOC2)cc1. The van der Waals surface area contributed by atoms with Gasteiger partial charge in [0.05, 0.1) is 6.61 Å². The van der Waals surface area contributed by atoms with Crippen LogP contribution in [0.1, 0.15) is 18.4 Å². The van der Waals surface area contributed by atoms with E-state index in [0.717, 1.165) is 31.2 Å². The topological polar surface area (TPSA) is 21.3 Å². The molecule has 82 valence electrons. The van der Waals surface area contributed by atoms with Gasteiger partial charge in [0.15, 0.2) is 0 Å². The minimum Gasteiger partial charge on any atom is -0.380 e. The summed E-state index contributed by atoms with van der Waals surface area (Å²) >= 11 is 5.82. The van der Waals surface area contributed by atoms with Gasteiger partial charge in [0.2, 0.25) is 0 Å². The van der Waals surface area contributed by atoms with Crippen molar-refractivity contribution in [1.82, 2.24) is 5.32 Å². The van der Waals surface area contributed by atoms with Gasteiger partial charge in [-0.05, 0) is 30.5 Å². The smallest absolute Gasteiger partial charge is 0.0619 e. The fourth-order valence-corrected chi connectivity index (χ4v) is 1.89. The monoisotopic (exact) mass is 225 g/mol. The first-order chi connectivity index (χ1) is 7.34. The Hall–Kier alpha value is -0.570. The molecule has 3 heteroatoms. The molecule has 0 saturated carbocycles. The predicted molar refractivity (Wildman–Crippen MR) is 62.1 cm³/mol. The van der Waals surface area contributed by atoms with Crippen LogP contribution in [0, 0.1) is 0 Å². The maximum atomic E-state index is 5.82. The number of benzene rings is 1. The predicted octanol–water partition coefficient (Wildman–Crippen LogP) is 2.61. The Kier molecular flexibility index (Phi) is 4.01. The zero-order valence-corrected chi connectivity index (χ0v) is 9.46. The maximum Gasteiger partial charge on any atom is 0.0619 e. The van der Waals surface area contributed by atoms with E-state index >= 15 is 0 Å². The van der Waals surface area contributed by atoms with Crippen molar-refractivity contribution >= 4 is 11.6 Å². The Morgan fingerprint density at radius 1 is 1.33 bits per heavy atom. The molecule has 15 heavy (non-hydrogen) atoms. The van der Waals surface area contributed by atoms with Crippen LogP contribution in [-0.4, -0.2) is 19.3 Å². The van der Waals surface area contributed by atoms with Crippen molar-refractivity contribution in [3.05, 3.63) is 34.9 Å². The van der Waals surface area contributed by atoms with Gasteiger partial charge in [0.1, 0.15) is 0 Å². The molecule has 1 aromatic rings. The average Bonchev–Trinajstić information content (AvgIpc) is 2.30. The minimum absolute atomic E-state index is 0.509. The molecule has 0 spiro atoms. The molecule has 0 aromatic heterocycles. The number of nitrogens with one attached hydrogen (secondary N) is 1. The van der Waals surface area contributed by atoms with E-state index in [-0.39, 0.29) is 0 Å². The molecule has 1 heterocycles. The summed E-state index contributed by atoms with van der Waals surface area (Å²) < 4.78 is 5.41. The Balaban J connectivity index is 1.79. The standard InChI is InChI=1S/C12H16ClNO/c13-11-5-3-10(4-6-11)8-14-12-2-1-7-15-9-12/h3-6,12,14H,1-2,7-9H2. The van der Waals surface area contributed by atoms with Gasteiger partial charge in [-0.3, -0.25) is 0 Å². The summed E-state index contributed by atoms with van der Waals surface area (Å²) in [5, 5.41) is 4.28. The molecule has 1 unspecified atom stereocenters. The molecule has 1 saturated heterocycles. The first kappa shape index (κ1) is 10.9. The average molecular weight is 226 g/mol. The number of rotatable bonds is 3. The largest absolute Gasteiger partial charge is 0.380 e. The van der Waals surface area contributed by atoms with E-state index in [9.17, 15) is 0 Å². The molecule has 1 atom stereocenters. The molecule has 2 nitrogen and oxygen atoms in total. The molecule has 1 fully saturated rings. The summed E-state index contributed by atoms with van der Waals surface area (Å²) in [7, 11) is 0. The van der Waals surface area contributed by atoms with Crippen molar-refractivity contribution in [1.29, 1.82) is 0 Å². The van der Waals surface area contributed by atoms with Gasteiger partial charge in [-0.25, -0.2) is 0 Å². The molecule has 0 radical (unpaired) electrons. The first-order valence-electron chi connectivity index (χ1n) is 5.40. The van der Waals surface area contributed by atoms with Crippen LogP contribution in [0.15, 0.2) is 24.3 Å². The van der Waals surface area contributed by atoms with Crippen LogP contribution in [0.3, 0.4) is 0 Å². The van der Waals surface area contributed by atoms with Crippen LogP contribution >= 0.6 is 11.6 Å². The van der Waals surface area contributed by atoms with Gasteiger partial charge in [-0.2, -0.15) is 0 Å². The quantitative estimate of drug-likeness (QED) is 0.854. The van der Waals surface area contributed by atoms with Crippen LogP contribution in [0.5, 0.6) is 0 Å². The highest BCUT2D eigenvalue weighted by molar-refractivity contribution is 6.30. The molecule has 1 aliphatic heterocycles. The van der Waals surface area contributed by atoms with E-state index < -0.39 is 0 Å². The normalized spacial score (nSPS) is 21.5. The fraction of sp³-hybridized carbons (Fsp3) is 0.500. The summed E-state index contributed by atoms with van der Waals surface area (Å²) in [5.41, 5.74) is 1.27. The van der Waals surface area contributed by atoms with Gasteiger partial charge in [-0.1, -0.05) is 23.7 Å². The zero-order chi connectivity index (χ0) is 10.5. The molecule has 2 rings (SSSR count). The van der Waals surface area contributed by atoms with Gasteiger partial charge in [-0.15, -0.1) is 0 Å². The Morgan fingerprint density at radius 2 is 2.13 bits per heavy atom. The molecule has 1 aromatic carbocycles. The minimum atomic E-state index is 0.509. The summed E-state index contributed by atoms with van der Waals surface area (Å²) in [6.07, 6.45) is 2.38. The van der Waals surface area contributed by atoms with E-state index in [1.165, 1.54) is 12.0 Å². The van der Waals surface area contributed by atoms with Crippen molar-refractivity contribution in [3.8, 4) is 0 Å². The Bertz CT molecular complexity index is 293. The maximum absolute atomic E-state index is 5.82. The van der Waals surface area contributed by atoms with Gasteiger partial charge >= 0.3 is 0 Å². The van der Waals surface area contributed by atoms with E-state index in [0.29, 0.717) is 6.04 Å². The van der Waals surface area contributed by atoms with Crippen LogP contribution in [0.25, 0.3) is 0 Å². The Morgan fingerprint density at radius 3 is 2.80 bits per heavy atom. The third-order valence-corrected chi connectivity index (χ3v) is 2.92. The molecule has 0 aliphatic carbocycles. The second-order valence-corrected chi connectivity index (χ2v) is 4.36. The van der Waals surface area contributed by atoms with Crippen molar-refractivity contribution < 1.29 is 4.74 Å². The lowest BCUT2D eigenvalue weighted by atomic mass is 10.1. The van der Waals surface area contributed by atoms with Crippen LogP contribution in [0.4, 0.5) is 0 Å². The molecular weight excluding hydrogens is 210 g/mol. The van der Waals surface area contributed by atoms with Gasteiger partial charge in [0, 0.05) is 24.2 Å². The second kappa shape index (κ2) is 5.50. The third-order valence-electron chi connectivity index (χ3n) is 2.67. The summed E-state index contributed by atoms with van der Waals surface area (Å²) in [4.78, 5) is 0. The molecule has 1 aliphatic rings. The van der Waals surface area contributed by atoms with Crippen LogP contribution in [-0.2, 0) is 11.3 Å². The molecule has 0 amide bonds. The number of ether oxygens (including phenoxy) is 1. The lowest BCUT2D eigenvalue weighted by Crippen LogP contribution is -2.36. The number of halogens is 1. The lowest BCUT2D eigenvalue weighted by molar-refractivity contribution is 0.0699. The second-order valence-electron chi connectivity index (χ2n) is 3.92. The fourth-order valence-electron chi connectivity index (χ4n) is 1.77. The Labute approximate surface area is 95.6 Å². The number of hydrogen-bond donors (Lipinski definition) is 1. The highest BCUT2D eigenvalue weighted by atomic mass is 35.5. The first-order valence-corrected chi connectivity index (χ1v) is 5.78. The van der Waals surface area contributed by atoms with Crippen molar-refractivity contribution in [2.45, 2.75) is 25.4 Å². The van der Waals surface area contributed by atoms with Crippen LogP contribution in [0.2, 0.25) is 5.02 Å². The van der Waals surface area contributed by atoms with E-state index in [2.05, 4.69) is 17.4 Å². The number of hydrogen-bond acceptors (Lipinski definition) is 2. The van der Waals surface area contributed by atoms with Gasteiger partial charge in [0.25, 0.3) is 0 Å². The highest BCUT2D eigenvalue weighted by Gasteiger charge is 2.12. The van der Waals surface area contributed by atoms with E-state index in [1.807, 2.05) is 12.1 Å². The van der Waals surface area contributed by atoms with Crippen LogP contribution < -0.4 is 5.32 Å². The van der Waals surface area contributed by atoms with E-state index in [4.69, 9.17) is 16.3 Å². The molecule has 0 bridgehead atoms. The highest BCUT2D eigenvalue weighted by Crippen LogP contribution is 2.11. The lowest BCUT2D eigenvalue weighted by Gasteiger charge is -2.23. The van der Waals surface area contributed by atoms with Crippen molar-refractivity contribution in [3.63, 3.8) is 0 Å². The summed E-state index contributed by atoms with van der Waals surface area (Å²) in [5.74, 6) is 0. The summed E-state index contributed by atoms with van der Waals surface area (Å²) in [6, 6.07) is 8.47. The van der Waals surface area contributed by atoms with Crippen molar-refractivity contribution in [2.24, 2.45) is 0 Å². The van der Waals surface area contributed by atoms with Gasteiger partial charge < -0.3 is 10.1 Å². The van der Waals surface area contributed by atoms with Crippen molar-refractivity contribution in [2.75, 3.05) is 13.2 Å². The molecule has 1 N–H and O–H groups in total. The molecular formula is C12H16ClNO. The zero-order valence-electron chi connectivity index (χ0n) is 8.71. The summed E-state index contributed by atoms with van der Waals surface area (Å²) in [6.45, 7) is 2.65.